The van der Waals surface area contributed by atoms with Crippen molar-refractivity contribution in [2.75, 3.05) is 36.0 Å². The summed E-state index contributed by atoms with van der Waals surface area (Å²) < 4.78 is 32.5. The zero-order valence-electron chi connectivity index (χ0n) is 19.1. The molecule has 3 N–H and O–H groups in total. The number of benzene rings is 2. The molecule has 34 heavy (non-hydrogen) atoms. The second-order valence-electron chi connectivity index (χ2n) is 8.08. The molecule has 0 radical (unpaired) electrons. The SMILES string of the molecule is CC(=O)N1c2ccc(C(CN)CNCCC#N)cc2N(C(=O)Oc2ccc(F)cc2F)C[C@@H]1C. The summed E-state index contributed by atoms with van der Waals surface area (Å²) in [5, 5.41) is 11.9. The molecule has 1 aliphatic heterocycles. The highest BCUT2D eigenvalue weighted by atomic mass is 19.1. The first-order valence-electron chi connectivity index (χ1n) is 10.9. The molecule has 1 aliphatic rings. The monoisotopic (exact) mass is 471 g/mol. The molecule has 0 fully saturated rings. The number of nitriles is 1. The summed E-state index contributed by atoms with van der Waals surface area (Å²) in [4.78, 5) is 28.3. The van der Waals surface area contributed by atoms with Crippen LogP contribution in [0.15, 0.2) is 36.4 Å². The third kappa shape index (κ3) is 5.50. The maximum atomic E-state index is 14.1. The number of nitrogens with zero attached hydrogens (tertiary/aromatic N) is 3. The number of carbonyl (C=O) groups is 2. The Bertz CT molecular complexity index is 1100. The van der Waals surface area contributed by atoms with Crippen LogP contribution in [0.5, 0.6) is 5.75 Å². The Hall–Kier alpha value is -3.55. The number of hydrogen-bond acceptors (Lipinski definition) is 6. The highest BCUT2D eigenvalue weighted by molar-refractivity contribution is 6.02. The predicted molar refractivity (Wildman–Crippen MR) is 124 cm³/mol. The molecular formula is C24H27F2N5O3. The molecule has 8 nitrogen and oxygen atoms in total. The molecule has 2 amide bonds. The van der Waals surface area contributed by atoms with Gasteiger partial charge in [-0.1, -0.05) is 6.07 Å². The van der Waals surface area contributed by atoms with Crippen molar-refractivity contribution in [2.24, 2.45) is 5.73 Å². The summed E-state index contributed by atoms with van der Waals surface area (Å²) in [6, 6.07) is 9.75. The first-order valence-corrected chi connectivity index (χ1v) is 10.9. The zero-order valence-corrected chi connectivity index (χ0v) is 19.1. The molecule has 0 bridgehead atoms. The average Bonchev–Trinajstić information content (AvgIpc) is 2.80. The fraction of sp³-hybridized carbons (Fsp3) is 0.375. The minimum absolute atomic E-state index is 0.110. The fourth-order valence-corrected chi connectivity index (χ4v) is 4.01. The van der Waals surface area contributed by atoms with E-state index >= 15 is 0 Å². The van der Waals surface area contributed by atoms with Crippen LogP contribution in [0.25, 0.3) is 0 Å². The van der Waals surface area contributed by atoms with Gasteiger partial charge in [0.2, 0.25) is 5.91 Å². The van der Waals surface area contributed by atoms with Crippen LogP contribution < -0.4 is 25.6 Å². The second kappa shape index (κ2) is 11.0. The minimum Gasteiger partial charge on any atom is -0.407 e. The van der Waals surface area contributed by atoms with Crippen LogP contribution in [0.3, 0.4) is 0 Å². The normalized spacial score (nSPS) is 15.9. The van der Waals surface area contributed by atoms with E-state index < -0.39 is 23.5 Å². The molecule has 2 aromatic rings. The first kappa shape index (κ1) is 25.1. The third-order valence-electron chi connectivity index (χ3n) is 5.65. The van der Waals surface area contributed by atoms with Crippen molar-refractivity contribution in [3.63, 3.8) is 0 Å². The lowest BCUT2D eigenvalue weighted by molar-refractivity contribution is -0.117. The topological polar surface area (TPSA) is 112 Å². The summed E-state index contributed by atoms with van der Waals surface area (Å²) in [6.45, 7) is 4.71. The Morgan fingerprint density at radius 1 is 1.26 bits per heavy atom. The van der Waals surface area contributed by atoms with E-state index in [0.29, 0.717) is 43.5 Å². The Labute approximate surface area is 196 Å². The Morgan fingerprint density at radius 2 is 2.03 bits per heavy atom. The molecule has 1 unspecified atom stereocenters. The number of halogens is 2. The van der Waals surface area contributed by atoms with Crippen molar-refractivity contribution in [2.45, 2.75) is 32.2 Å². The van der Waals surface area contributed by atoms with Crippen molar-refractivity contribution in [1.82, 2.24) is 5.32 Å². The summed E-state index contributed by atoms with van der Waals surface area (Å²) >= 11 is 0. The number of ether oxygens (including phenoxy) is 1. The van der Waals surface area contributed by atoms with E-state index in [-0.39, 0.29) is 24.4 Å². The van der Waals surface area contributed by atoms with E-state index in [0.717, 1.165) is 17.7 Å². The highest BCUT2D eigenvalue weighted by Gasteiger charge is 2.35. The maximum Gasteiger partial charge on any atom is 0.419 e. The average molecular weight is 472 g/mol. The molecule has 0 saturated heterocycles. The molecule has 1 heterocycles. The van der Waals surface area contributed by atoms with E-state index in [4.69, 9.17) is 15.7 Å². The lowest BCUT2D eigenvalue weighted by Gasteiger charge is -2.40. The molecule has 2 aromatic carbocycles. The van der Waals surface area contributed by atoms with Crippen LogP contribution in [0.4, 0.5) is 25.0 Å². The van der Waals surface area contributed by atoms with Crippen molar-refractivity contribution in [3.8, 4) is 11.8 Å². The zero-order chi connectivity index (χ0) is 24.8. The summed E-state index contributed by atoms with van der Waals surface area (Å²) in [7, 11) is 0. The van der Waals surface area contributed by atoms with Gasteiger partial charge >= 0.3 is 6.09 Å². The van der Waals surface area contributed by atoms with Gasteiger partial charge in [-0.2, -0.15) is 5.26 Å². The van der Waals surface area contributed by atoms with Gasteiger partial charge in [0.15, 0.2) is 11.6 Å². The van der Waals surface area contributed by atoms with Gasteiger partial charge in [-0.15, -0.1) is 0 Å². The fourth-order valence-electron chi connectivity index (χ4n) is 4.01. The van der Waals surface area contributed by atoms with E-state index in [1.807, 2.05) is 6.07 Å². The van der Waals surface area contributed by atoms with Crippen LogP contribution in [0.1, 0.15) is 31.7 Å². The van der Waals surface area contributed by atoms with Crippen LogP contribution in [-0.4, -0.2) is 44.2 Å². The number of rotatable bonds is 7. The predicted octanol–water partition coefficient (Wildman–Crippen LogP) is 3.27. The Morgan fingerprint density at radius 3 is 2.68 bits per heavy atom. The molecule has 0 aromatic heterocycles. The van der Waals surface area contributed by atoms with Gasteiger partial charge in [-0.25, -0.2) is 13.6 Å². The van der Waals surface area contributed by atoms with Crippen molar-refractivity contribution in [1.29, 1.82) is 5.26 Å². The number of nitrogens with one attached hydrogen (secondary N) is 1. The molecule has 3 rings (SSSR count). The molecule has 180 valence electrons. The van der Waals surface area contributed by atoms with Crippen molar-refractivity contribution >= 4 is 23.4 Å². The van der Waals surface area contributed by atoms with Gasteiger partial charge in [-0.05, 0) is 36.8 Å². The van der Waals surface area contributed by atoms with Gasteiger partial charge in [0.1, 0.15) is 5.82 Å². The molecule has 10 heteroatoms. The number of nitrogens with two attached hydrogens (primary N) is 1. The Balaban J connectivity index is 1.95. The van der Waals surface area contributed by atoms with Crippen LogP contribution in [-0.2, 0) is 4.79 Å². The Kier molecular flexibility index (Phi) is 8.15. The van der Waals surface area contributed by atoms with E-state index in [1.165, 1.54) is 11.8 Å². The summed E-state index contributed by atoms with van der Waals surface area (Å²) in [5.41, 5.74) is 7.74. The lowest BCUT2D eigenvalue weighted by atomic mass is 9.96. The quantitative estimate of drug-likeness (QED) is 0.600. The van der Waals surface area contributed by atoms with E-state index in [1.54, 1.807) is 24.0 Å². The maximum absolute atomic E-state index is 14.1. The van der Waals surface area contributed by atoms with E-state index in [9.17, 15) is 18.4 Å². The number of amides is 2. The third-order valence-corrected chi connectivity index (χ3v) is 5.65. The number of hydrogen-bond donors (Lipinski definition) is 2. The molecule has 2 atom stereocenters. The van der Waals surface area contributed by atoms with Crippen molar-refractivity contribution < 1.29 is 23.1 Å². The highest BCUT2D eigenvalue weighted by Crippen LogP contribution is 2.38. The summed E-state index contributed by atoms with van der Waals surface area (Å²) in [5.74, 6) is -2.47. The van der Waals surface area contributed by atoms with Gasteiger partial charge < -0.3 is 20.7 Å². The summed E-state index contributed by atoms with van der Waals surface area (Å²) in [6.07, 6.45) is -0.484. The molecule has 0 spiro atoms. The van der Waals surface area contributed by atoms with Crippen molar-refractivity contribution in [3.05, 3.63) is 53.6 Å². The molecule has 0 aliphatic carbocycles. The van der Waals surface area contributed by atoms with Crippen LogP contribution in [0.2, 0.25) is 0 Å². The molecular weight excluding hydrogens is 444 g/mol. The molecule has 0 saturated carbocycles. The number of fused-ring (bicyclic) bond motifs is 1. The first-order chi connectivity index (χ1) is 16.3. The number of anilines is 2. The van der Waals surface area contributed by atoms with Crippen LogP contribution >= 0.6 is 0 Å². The van der Waals surface area contributed by atoms with Crippen LogP contribution in [0, 0.1) is 23.0 Å². The van der Waals surface area contributed by atoms with Gasteiger partial charge in [0.05, 0.1) is 23.5 Å². The smallest absolute Gasteiger partial charge is 0.407 e. The second-order valence-corrected chi connectivity index (χ2v) is 8.08. The van der Waals surface area contributed by atoms with Gasteiger partial charge in [0, 0.05) is 51.5 Å². The number of carbonyl (C=O) groups excluding carboxylic acids is 2. The largest absolute Gasteiger partial charge is 0.419 e. The van der Waals surface area contributed by atoms with Gasteiger partial charge in [-0.3, -0.25) is 9.69 Å². The lowest BCUT2D eigenvalue weighted by Crippen LogP contribution is -2.52. The van der Waals surface area contributed by atoms with E-state index in [2.05, 4.69) is 11.4 Å². The minimum atomic E-state index is -0.996. The van der Waals surface area contributed by atoms with Gasteiger partial charge in [0.25, 0.3) is 0 Å². The standard InChI is InChI=1S/C24H27F2N5O3/c1-15-14-30(24(33)34-23-7-5-19(25)11-20(23)26)22-10-17(4-6-21(22)31(15)16(2)32)18(12-28)13-29-9-3-8-27/h4-7,10-11,15,18,29H,3,9,12-14,28H2,1-2H3/t15-,18?/m0/s1.